The Labute approximate surface area is 103 Å². The zero-order valence-corrected chi connectivity index (χ0v) is 11.2. The maximum Gasteiger partial charge on any atom is 0.270 e. The third kappa shape index (κ3) is 6.02. The number of hydrogen-bond donors (Lipinski definition) is 2. The molecule has 0 atom stereocenters. The number of carbonyl (C=O) groups is 1. The number of rotatable bonds is 3. The Morgan fingerprint density at radius 2 is 2.06 bits per heavy atom. The molecule has 2 N–H and O–H groups in total. The largest absolute Gasteiger partial charge is 0.389 e. The molecule has 1 heterocycles. The van der Waals surface area contributed by atoms with Gasteiger partial charge in [0.25, 0.3) is 5.91 Å². The highest BCUT2D eigenvalue weighted by Crippen LogP contribution is 2.04. The summed E-state index contributed by atoms with van der Waals surface area (Å²) in [6.07, 6.45) is 1.58. The lowest BCUT2D eigenvalue weighted by molar-refractivity contribution is 0.0691. The number of aryl methyl sites for hydroxylation is 1. The quantitative estimate of drug-likeness (QED) is 0.845. The molecule has 4 heteroatoms. The first-order valence-corrected chi connectivity index (χ1v) is 5.82. The maximum atomic E-state index is 11.6. The predicted octanol–water partition coefficient (Wildman–Crippen LogP) is 1.92. The van der Waals surface area contributed by atoms with Gasteiger partial charge in [0.15, 0.2) is 0 Å². The van der Waals surface area contributed by atoms with Crippen molar-refractivity contribution >= 4 is 5.91 Å². The number of aliphatic hydroxyl groups is 1. The standard InChI is InChI=1S/C11H16N2O2.C2H6/c1-8-5-4-6-12-9(8)10(14)13-7-11(2,3)15;1-2/h4-6,15H,7H2,1-3H3,(H,13,14);1-2H3. The van der Waals surface area contributed by atoms with Gasteiger partial charge < -0.3 is 10.4 Å². The Balaban J connectivity index is 0.00000121. The highest BCUT2D eigenvalue weighted by atomic mass is 16.3. The second kappa shape index (κ2) is 7.01. The molecular weight excluding hydrogens is 216 g/mol. The van der Waals surface area contributed by atoms with E-state index in [2.05, 4.69) is 10.3 Å². The molecule has 0 radical (unpaired) electrons. The molecule has 1 rings (SSSR count). The number of aromatic nitrogens is 1. The Morgan fingerprint density at radius 1 is 1.47 bits per heavy atom. The zero-order chi connectivity index (χ0) is 13.5. The molecule has 0 aliphatic heterocycles. The smallest absolute Gasteiger partial charge is 0.270 e. The van der Waals surface area contributed by atoms with E-state index in [0.29, 0.717) is 5.69 Å². The lowest BCUT2D eigenvalue weighted by Gasteiger charge is -2.17. The average molecular weight is 238 g/mol. The van der Waals surface area contributed by atoms with Gasteiger partial charge in [-0.05, 0) is 32.4 Å². The number of amides is 1. The third-order valence-electron chi connectivity index (χ3n) is 1.91. The normalized spacial score (nSPS) is 10.2. The first-order valence-electron chi connectivity index (χ1n) is 5.82. The second-order valence-electron chi connectivity index (χ2n) is 4.16. The van der Waals surface area contributed by atoms with Crippen LogP contribution in [0.15, 0.2) is 18.3 Å². The van der Waals surface area contributed by atoms with Crippen LogP contribution in [0, 0.1) is 6.92 Å². The molecule has 0 unspecified atom stereocenters. The van der Waals surface area contributed by atoms with Crippen molar-refractivity contribution in [1.29, 1.82) is 0 Å². The van der Waals surface area contributed by atoms with Crippen LogP contribution < -0.4 is 5.32 Å². The van der Waals surface area contributed by atoms with Gasteiger partial charge in [0.1, 0.15) is 5.69 Å². The summed E-state index contributed by atoms with van der Waals surface area (Å²) in [7, 11) is 0. The van der Waals surface area contributed by atoms with Gasteiger partial charge in [-0.15, -0.1) is 0 Å². The minimum absolute atomic E-state index is 0.210. The Hall–Kier alpha value is -1.42. The summed E-state index contributed by atoms with van der Waals surface area (Å²) in [5.74, 6) is -0.254. The van der Waals surface area contributed by atoms with Crippen molar-refractivity contribution in [3.8, 4) is 0 Å². The monoisotopic (exact) mass is 238 g/mol. The SMILES string of the molecule is CC.Cc1cccnc1C(=O)NCC(C)(C)O. The molecule has 96 valence electrons. The van der Waals surface area contributed by atoms with Crippen LogP contribution in [0.3, 0.4) is 0 Å². The molecule has 0 fully saturated rings. The molecule has 4 nitrogen and oxygen atoms in total. The summed E-state index contributed by atoms with van der Waals surface area (Å²) in [6.45, 7) is 9.31. The first kappa shape index (κ1) is 15.6. The Morgan fingerprint density at radius 3 is 2.53 bits per heavy atom. The number of nitrogens with zero attached hydrogens (tertiary/aromatic N) is 1. The van der Waals surface area contributed by atoms with Gasteiger partial charge >= 0.3 is 0 Å². The van der Waals surface area contributed by atoms with Gasteiger partial charge in [-0.25, -0.2) is 0 Å². The summed E-state index contributed by atoms with van der Waals surface area (Å²) in [4.78, 5) is 15.6. The van der Waals surface area contributed by atoms with Crippen LogP contribution in [-0.4, -0.2) is 28.1 Å². The minimum atomic E-state index is -0.904. The van der Waals surface area contributed by atoms with Crippen molar-refractivity contribution in [3.05, 3.63) is 29.6 Å². The molecule has 0 spiro atoms. The Bertz CT molecular complexity index is 357. The number of hydrogen-bond acceptors (Lipinski definition) is 3. The minimum Gasteiger partial charge on any atom is -0.389 e. The molecule has 0 aromatic carbocycles. The van der Waals surface area contributed by atoms with Gasteiger partial charge in [0, 0.05) is 12.7 Å². The highest BCUT2D eigenvalue weighted by Gasteiger charge is 2.16. The zero-order valence-electron chi connectivity index (χ0n) is 11.2. The maximum absolute atomic E-state index is 11.6. The first-order chi connectivity index (χ1) is 7.90. The molecule has 0 bridgehead atoms. The van der Waals surface area contributed by atoms with E-state index in [0.717, 1.165) is 5.56 Å². The average Bonchev–Trinajstić information content (AvgIpc) is 2.28. The molecule has 0 aliphatic rings. The lowest BCUT2D eigenvalue weighted by atomic mass is 10.1. The summed E-state index contributed by atoms with van der Waals surface area (Å²) in [6, 6.07) is 3.61. The molecule has 0 aliphatic carbocycles. The number of pyridine rings is 1. The van der Waals surface area contributed by atoms with E-state index in [1.807, 2.05) is 26.8 Å². The van der Waals surface area contributed by atoms with Crippen LogP contribution in [0.2, 0.25) is 0 Å². The Kier molecular flexibility index (Phi) is 6.43. The van der Waals surface area contributed by atoms with E-state index in [1.165, 1.54) is 0 Å². The fourth-order valence-corrected chi connectivity index (χ4v) is 1.10. The van der Waals surface area contributed by atoms with Crippen LogP contribution in [0.4, 0.5) is 0 Å². The molecule has 1 amide bonds. The van der Waals surface area contributed by atoms with Gasteiger partial charge in [-0.2, -0.15) is 0 Å². The summed E-state index contributed by atoms with van der Waals surface area (Å²) >= 11 is 0. The predicted molar refractivity (Wildman–Crippen MR) is 69.0 cm³/mol. The van der Waals surface area contributed by atoms with E-state index in [4.69, 9.17) is 0 Å². The summed E-state index contributed by atoms with van der Waals surface area (Å²) in [5.41, 5.74) is 0.325. The van der Waals surface area contributed by atoms with E-state index >= 15 is 0 Å². The topological polar surface area (TPSA) is 62.2 Å². The van der Waals surface area contributed by atoms with E-state index in [9.17, 15) is 9.90 Å². The molecule has 17 heavy (non-hydrogen) atoms. The third-order valence-corrected chi connectivity index (χ3v) is 1.91. The number of carbonyl (C=O) groups excluding carboxylic acids is 1. The van der Waals surface area contributed by atoms with Crippen molar-refractivity contribution in [2.24, 2.45) is 0 Å². The van der Waals surface area contributed by atoms with E-state index < -0.39 is 5.60 Å². The number of nitrogens with one attached hydrogen (secondary N) is 1. The van der Waals surface area contributed by atoms with Crippen molar-refractivity contribution in [1.82, 2.24) is 10.3 Å². The van der Waals surface area contributed by atoms with Gasteiger partial charge in [0.2, 0.25) is 0 Å². The van der Waals surface area contributed by atoms with Crippen LogP contribution in [0.5, 0.6) is 0 Å². The fraction of sp³-hybridized carbons (Fsp3) is 0.538. The van der Waals surface area contributed by atoms with Crippen LogP contribution >= 0.6 is 0 Å². The van der Waals surface area contributed by atoms with Crippen molar-refractivity contribution in [3.63, 3.8) is 0 Å². The second-order valence-corrected chi connectivity index (χ2v) is 4.16. The van der Waals surface area contributed by atoms with Crippen molar-refractivity contribution in [2.75, 3.05) is 6.54 Å². The summed E-state index contributed by atoms with van der Waals surface area (Å²) < 4.78 is 0. The van der Waals surface area contributed by atoms with Gasteiger partial charge in [0.05, 0.1) is 5.60 Å². The van der Waals surface area contributed by atoms with Crippen LogP contribution in [0.1, 0.15) is 43.7 Å². The van der Waals surface area contributed by atoms with E-state index in [1.54, 1.807) is 26.1 Å². The summed E-state index contributed by atoms with van der Waals surface area (Å²) in [5, 5.41) is 12.1. The molecule has 0 saturated heterocycles. The molecule has 1 aromatic rings. The van der Waals surface area contributed by atoms with Crippen molar-refractivity contribution < 1.29 is 9.90 Å². The van der Waals surface area contributed by atoms with Crippen molar-refractivity contribution in [2.45, 2.75) is 40.2 Å². The molecular formula is C13H22N2O2. The van der Waals surface area contributed by atoms with Crippen LogP contribution in [-0.2, 0) is 0 Å². The highest BCUT2D eigenvalue weighted by molar-refractivity contribution is 5.93. The lowest BCUT2D eigenvalue weighted by Crippen LogP contribution is -2.38. The van der Waals surface area contributed by atoms with Crippen LogP contribution in [0.25, 0.3) is 0 Å². The van der Waals surface area contributed by atoms with Gasteiger partial charge in [-0.3, -0.25) is 9.78 Å². The molecule has 0 saturated carbocycles. The molecule has 1 aromatic heterocycles. The van der Waals surface area contributed by atoms with E-state index in [-0.39, 0.29) is 12.5 Å². The van der Waals surface area contributed by atoms with Gasteiger partial charge in [-0.1, -0.05) is 19.9 Å². The fourth-order valence-electron chi connectivity index (χ4n) is 1.10.